The molecule has 2 N–H and O–H groups in total. The number of nitrogens with zero attached hydrogens (tertiary/aromatic N) is 1. The van der Waals surface area contributed by atoms with Crippen LogP contribution in [-0.2, 0) is 9.59 Å². The molecule has 1 atom stereocenters. The van der Waals surface area contributed by atoms with Crippen LogP contribution in [0.4, 0.5) is 11.4 Å². The Morgan fingerprint density at radius 3 is 2.74 bits per heavy atom. The van der Waals surface area contributed by atoms with Gasteiger partial charge in [-0.25, -0.2) is 0 Å². The van der Waals surface area contributed by atoms with E-state index in [2.05, 4.69) is 0 Å². The van der Waals surface area contributed by atoms with Crippen molar-refractivity contribution in [2.45, 2.75) is 32.4 Å². The van der Waals surface area contributed by atoms with E-state index in [1.807, 2.05) is 26.0 Å². The average Bonchev–Trinajstić information content (AvgIpc) is 2.65. The number of carbonyl (C=O) groups excluding carboxylic acids is 2. The Hall–Kier alpha value is -1.49. The second-order valence-corrected chi connectivity index (χ2v) is 6.36. The van der Waals surface area contributed by atoms with E-state index in [0.717, 1.165) is 16.8 Å². The number of anilines is 2. The minimum atomic E-state index is 0.0318. The standard InChI is InChI=1S/C14H18N2O2S/c1-8-4-5-12(15)14(9(8)2)16-7-11(6-13(16)18)19-10(3)17/h4-5,11H,6-7,15H2,1-3H3. The maximum Gasteiger partial charge on any atom is 0.228 e. The molecule has 102 valence electrons. The van der Waals surface area contributed by atoms with E-state index < -0.39 is 0 Å². The molecule has 0 spiro atoms. The van der Waals surface area contributed by atoms with Crippen LogP contribution in [-0.4, -0.2) is 22.8 Å². The molecule has 1 amide bonds. The summed E-state index contributed by atoms with van der Waals surface area (Å²) >= 11 is 1.24. The Morgan fingerprint density at radius 2 is 2.11 bits per heavy atom. The zero-order valence-corrected chi connectivity index (χ0v) is 12.2. The lowest BCUT2D eigenvalue weighted by Crippen LogP contribution is -2.27. The Balaban J connectivity index is 2.31. The molecule has 1 heterocycles. The highest BCUT2D eigenvalue weighted by molar-refractivity contribution is 8.14. The molecule has 2 rings (SSSR count). The Morgan fingerprint density at radius 1 is 1.42 bits per heavy atom. The van der Waals surface area contributed by atoms with Gasteiger partial charge in [-0.3, -0.25) is 9.59 Å². The molecule has 0 aromatic heterocycles. The molecule has 1 fully saturated rings. The van der Waals surface area contributed by atoms with E-state index in [9.17, 15) is 9.59 Å². The lowest BCUT2D eigenvalue weighted by Gasteiger charge is -2.22. The fourth-order valence-electron chi connectivity index (χ4n) is 2.38. The van der Waals surface area contributed by atoms with Gasteiger partial charge in [-0.15, -0.1) is 0 Å². The maximum atomic E-state index is 12.1. The van der Waals surface area contributed by atoms with Gasteiger partial charge in [-0.2, -0.15) is 0 Å². The summed E-state index contributed by atoms with van der Waals surface area (Å²) in [4.78, 5) is 25.0. The van der Waals surface area contributed by atoms with Gasteiger partial charge in [-0.05, 0) is 31.0 Å². The third-order valence-corrected chi connectivity index (χ3v) is 4.41. The van der Waals surface area contributed by atoms with Gasteiger partial charge in [0.05, 0.1) is 11.4 Å². The van der Waals surface area contributed by atoms with Crippen molar-refractivity contribution in [2.75, 3.05) is 17.2 Å². The molecular weight excluding hydrogens is 260 g/mol. The predicted octanol–water partition coefficient (Wildman–Crippen LogP) is 2.27. The molecule has 0 aliphatic carbocycles. The number of benzene rings is 1. The van der Waals surface area contributed by atoms with Crippen LogP contribution in [0.5, 0.6) is 0 Å². The summed E-state index contributed by atoms with van der Waals surface area (Å²) in [7, 11) is 0. The van der Waals surface area contributed by atoms with E-state index in [1.165, 1.54) is 18.7 Å². The highest BCUT2D eigenvalue weighted by Gasteiger charge is 2.33. The van der Waals surface area contributed by atoms with Crippen LogP contribution >= 0.6 is 11.8 Å². The van der Waals surface area contributed by atoms with E-state index in [0.29, 0.717) is 18.7 Å². The monoisotopic (exact) mass is 278 g/mol. The zero-order valence-electron chi connectivity index (χ0n) is 11.4. The Labute approximate surface area is 117 Å². The van der Waals surface area contributed by atoms with Crippen molar-refractivity contribution >= 4 is 34.2 Å². The molecule has 1 saturated heterocycles. The summed E-state index contributed by atoms with van der Waals surface area (Å²) in [5, 5.41) is 0.0814. The van der Waals surface area contributed by atoms with Crippen LogP contribution in [0.15, 0.2) is 12.1 Å². The molecular formula is C14H18N2O2S. The van der Waals surface area contributed by atoms with Gasteiger partial charge in [0, 0.05) is 25.1 Å². The molecule has 1 unspecified atom stereocenters. The molecule has 1 aliphatic rings. The maximum absolute atomic E-state index is 12.1. The molecule has 0 saturated carbocycles. The number of amides is 1. The number of aryl methyl sites for hydroxylation is 1. The first-order chi connectivity index (χ1) is 8.90. The molecule has 1 aromatic rings. The molecule has 19 heavy (non-hydrogen) atoms. The SMILES string of the molecule is CC(=O)SC1CC(=O)N(c2c(N)ccc(C)c2C)C1. The summed E-state index contributed by atoms with van der Waals surface area (Å²) in [6, 6.07) is 3.78. The largest absolute Gasteiger partial charge is 0.397 e. The summed E-state index contributed by atoms with van der Waals surface area (Å²) in [5.74, 6) is 0.0409. The molecule has 0 radical (unpaired) electrons. The number of hydrogen-bond donors (Lipinski definition) is 1. The van der Waals surface area contributed by atoms with Crippen molar-refractivity contribution in [3.05, 3.63) is 23.3 Å². The molecule has 4 nitrogen and oxygen atoms in total. The van der Waals surface area contributed by atoms with Crippen molar-refractivity contribution in [3.8, 4) is 0 Å². The summed E-state index contributed by atoms with van der Waals surface area (Å²) in [5.41, 5.74) is 9.57. The third-order valence-electron chi connectivity index (χ3n) is 3.43. The highest BCUT2D eigenvalue weighted by Crippen LogP contribution is 2.35. The second-order valence-electron chi connectivity index (χ2n) is 4.89. The van der Waals surface area contributed by atoms with Gasteiger partial charge in [0.2, 0.25) is 5.91 Å². The minimum Gasteiger partial charge on any atom is -0.397 e. The predicted molar refractivity (Wildman–Crippen MR) is 79.4 cm³/mol. The summed E-state index contributed by atoms with van der Waals surface area (Å²) in [6.07, 6.45) is 0.400. The topological polar surface area (TPSA) is 63.4 Å². The first kappa shape index (κ1) is 13.9. The fourth-order valence-corrected chi connectivity index (χ4v) is 3.30. The molecule has 0 bridgehead atoms. The number of nitrogens with two attached hydrogens (primary N) is 1. The van der Waals surface area contributed by atoms with Crippen molar-refractivity contribution in [3.63, 3.8) is 0 Å². The minimum absolute atomic E-state index is 0.0318. The van der Waals surface area contributed by atoms with Crippen LogP contribution in [0.2, 0.25) is 0 Å². The van der Waals surface area contributed by atoms with Crippen molar-refractivity contribution in [2.24, 2.45) is 0 Å². The van der Waals surface area contributed by atoms with Gasteiger partial charge in [0.15, 0.2) is 5.12 Å². The number of rotatable bonds is 2. The van der Waals surface area contributed by atoms with Crippen molar-refractivity contribution in [1.82, 2.24) is 0 Å². The Kier molecular flexibility index (Phi) is 3.85. The molecule has 1 aliphatic heterocycles. The molecule has 1 aromatic carbocycles. The van der Waals surface area contributed by atoms with E-state index in [4.69, 9.17) is 5.73 Å². The fraction of sp³-hybridized carbons (Fsp3) is 0.429. The number of thioether (sulfide) groups is 1. The third kappa shape index (κ3) is 2.76. The lowest BCUT2D eigenvalue weighted by atomic mass is 10.1. The van der Waals surface area contributed by atoms with Crippen molar-refractivity contribution < 1.29 is 9.59 Å². The second kappa shape index (κ2) is 5.25. The van der Waals surface area contributed by atoms with Crippen LogP contribution in [0.1, 0.15) is 24.5 Å². The van der Waals surface area contributed by atoms with E-state index in [1.54, 1.807) is 4.90 Å². The Bertz CT molecular complexity index is 542. The van der Waals surface area contributed by atoms with Crippen LogP contribution in [0.25, 0.3) is 0 Å². The first-order valence-electron chi connectivity index (χ1n) is 6.23. The van der Waals surface area contributed by atoms with E-state index >= 15 is 0 Å². The smallest absolute Gasteiger partial charge is 0.228 e. The van der Waals surface area contributed by atoms with Crippen LogP contribution < -0.4 is 10.6 Å². The van der Waals surface area contributed by atoms with Gasteiger partial charge in [0.1, 0.15) is 0 Å². The highest BCUT2D eigenvalue weighted by atomic mass is 32.2. The lowest BCUT2D eigenvalue weighted by molar-refractivity contribution is -0.117. The van der Waals surface area contributed by atoms with Gasteiger partial charge < -0.3 is 10.6 Å². The van der Waals surface area contributed by atoms with Gasteiger partial charge in [-0.1, -0.05) is 17.8 Å². The zero-order chi connectivity index (χ0) is 14.2. The van der Waals surface area contributed by atoms with E-state index in [-0.39, 0.29) is 16.3 Å². The van der Waals surface area contributed by atoms with Crippen molar-refractivity contribution in [1.29, 1.82) is 0 Å². The average molecular weight is 278 g/mol. The number of carbonyl (C=O) groups is 2. The quantitative estimate of drug-likeness (QED) is 0.843. The molecule has 5 heteroatoms. The first-order valence-corrected chi connectivity index (χ1v) is 7.11. The number of hydrogen-bond acceptors (Lipinski definition) is 4. The normalized spacial score (nSPS) is 19.0. The van der Waals surface area contributed by atoms with Gasteiger partial charge in [0.25, 0.3) is 0 Å². The summed E-state index contributed by atoms with van der Waals surface area (Å²) < 4.78 is 0. The number of nitrogen functional groups attached to an aromatic ring is 1. The van der Waals surface area contributed by atoms with Crippen LogP contribution in [0.3, 0.4) is 0 Å². The van der Waals surface area contributed by atoms with Gasteiger partial charge >= 0.3 is 0 Å². The summed E-state index contributed by atoms with van der Waals surface area (Å²) in [6.45, 7) is 6.06. The van der Waals surface area contributed by atoms with Crippen LogP contribution in [0, 0.1) is 13.8 Å².